The summed E-state index contributed by atoms with van der Waals surface area (Å²) in [6, 6.07) is 2.52. The topological polar surface area (TPSA) is 9.23 Å². The van der Waals surface area contributed by atoms with Gasteiger partial charge >= 0.3 is 0 Å². The monoisotopic (exact) mass is 440 g/mol. The van der Waals surface area contributed by atoms with E-state index in [1.807, 2.05) is 0 Å². The van der Waals surface area contributed by atoms with Crippen molar-refractivity contribution in [1.29, 1.82) is 0 Å². The molecule has 3 rings (SSSR count). The van der Waals surface area contributed by atoms with Gasteiger partial charge in [0.25, 0.3) is 6.43 Å². The predicted octanol–water partition coefficient (Wildman–Crippen LogP) is 8.47. The molecule has 2 aliphatic carbocycles. The number of halogens is 4. The SMILES string of the molecule is CCCC1CCC(C2CCC(CCc3cc(F)c(O/C=C/C(F)F)c(F)c3)CC2)CC1. The molecule has 0 unspecified atom stereocenters. The maximum absolute atomic E-state index is 14.1. The van der Waals surface area contributed by atoms with E-state index in [2.05, 4.69) is 6.92 Å². The first kappa shape index (κ1) is 24.1. The third kappa shape index (κ3) is 7.25. The molecule has 2 saturated carbocycles. The Morgan fingerprint density at radius 1 is 0.871 bits per heavy atom. The third-order valence-corrected chi connectivity index (χ3v) is 7.46. The lowest BCUT2D eigenvalue weighted by Crippen LogP contribution is -2.26. The highest BCUT2D eigenvalue weighted by Gasteiger charge is 2.30. The highest BCUT2D eigenvalue weighted by atomic mass is 19.3. The molecule has 5 heteroatoms. The second kappa shape index (κ2) is 11.9. The molecule has 0 aromatic heterocycles. The molecule has 31 heavy (non-hydrogen) atoms. The van der Waals surface area contributed by atoms with Crippen LogP contribution in [0, 0.1) is 35.3 Å². The molecule has 0 radical (unpaired) electrons. The van der Waals surface area contributed by atoms with Crippen LogP contribution in [0.4, 0.5) is 17.6 Å². The minimum absolute atomic E-state index is 0.444. The second-order valence-corrected chi connectivity index (χ2v) is 9.56. The lowest BCUT2D eigenvalue weighted by Gasteiger charge is -2.38. The Labute approximate surface area is 184 Å². The first-order valence-electron chi connectivity index (χ1n) is 12.1. The summed E-state index contributed by atoms with van der Waals surface area (Å²) in [4.78, 5) is 0. The molecular weight excluding hydrogens is 404 g/mol. The zero-order valence-electron chi connectivity index (χ0n) is 18.6. The molecule has 0 atom stereocenters. The highest BCUT2D eigenvalue weighted by Crippen LogP contribution is 2.43. The number of allylic oxidation sites excluding steroid dienone is 1. The summed E-state index contributed by atoms with van der Waals surface area (Å²) in [6.45, 7) is 2.28. The van der Waals surface area contributed by atoms with Crippen LogP contribution in [0.5, 0.6) is 5.75 Å². The van der Waals surface area contributed by atoms with Crippen molar-refractivity contribution in [3.8, 4) is 5.75 Å². The van der Waals surface area contributed by atoms with Crippen LogP contribution in [0.25, 0.3) is 0 Å². The van der Waals surface area contributed by atoms with Crippen LogP contribution in [-0.4, -0.2) is 6.43 Å². The van der Waals surface area contributed by atoms with Gasteiger partial charge in [-0.15, -0.1) is 0 Å². The van der Waals surface area contributed by atoms with E-state index < -0.39 is 23.8 Å². The van der Waals surface area contributed by atoms with E-state index in [0.717, 1.165) is 24.2 Å². The molecule has 1 aromatic rings. The Morgan fingerprint density at radius 3 is 1.87 bits per heavy atom. The van der Waals surface area contributed by atoms with Gasteiger partial charge in [0.15, 0.2) is 17.4 Å². The number of rotatable bonds is 9. The molecule has 0 heterocycles. The maximum Gasteiger partial charge on any atom is 0.260 e. The van der Waals surface area contributed by atoms with E-state index in [0.29, 0.717) is 30.2 Å². The van der Waals surface area contributed by atoms with Crippen LogP contribution in [0.15, 0.2) is 24.5 Å². The molecule has 1 nitrogen and oxygen atoms in total. The average molecular weight is 441 g/mol. The first-order valence-corrected chi connectivity index (χ1v) is 12.1. The highest BCUT2D eigenvalue weighted by molar-refractivity contribution is 5.32. The summed E-state index contributed by atoms with van der Waals surface area (Å²) < 4.78 is 57.2. The number of ether oxygens (including phenoxy) is 1. The zero-order chi connectivity index (χ0) is 22.2. The van der Waals surface area contributed by atoms with Crippen LogP contribution < -0.4 is 4.74 Å². The number of hydrogen-bond donors (Lipinski definition) is 0. The van der Waals surface area contributed by atoms with Crippen molar-refractivity contribution in [2.45, 2.75) is 90.4 Å². The lowest BCUT2D eigenvalue weighted by atomic mass is 9.68. The van der Waals surface area contributed by atoms with E-state index in [9.17, 15) is 17.6 Å². The summed E-state index contributed by atoms with van der Waals surface area (Å²) in [5.74, 6) is 1.01. The van der Waals surface area contributed by atoms with E-state index in [-0.39, 0.29) is 0 Å². The molecule has 2 fully saturated rings. The summed E-state index contributed by atoms with van der Waals surface area (Å²) in [6.07, 6.45) is 13.2. The van der Waals surface area contributed by atoms with Gasteiger partial charge in [-0.3, -0.25) is 0 Å². The van der Waals surface area contributed by atoms with Gasteiger partial charge in [0, 0.05) is 6.08 Å². The fourth-order valence-corrected chi connectivity index (χ4v) is 5.71. The van der Waals surface area contributed by atoms with E-state index >= 15 is 0 Å². The fraction of sp³-hybridized carbons (Fsp3) is 0.692. The Bertz CT molecular complexity index is 678. The Morgan fingerprint density at radius 2 is 1.39 bits per heavy atom. The van der Waals surface area contributed by atoms with Crippen molar-refractivity contribution in [2.24, 2.45) is 23.7 Å². The van der Waals surface area contributed by atoms with E-state index in [1.165, 1.54) is 76.3 Å². The minimum Gasteiger partial charge on any atom is -0.459 e. The molecule has 0 N–H and O–H groups in total. The van der Waals surface area contributed by atoms with Crippen molar-refractivity contribution in [2.75, 3.05) is 0 Å². The molecular formula is C26H36F4O. The lowest BCUT2D eigenvalue weighted by molar-refractivity contribution is 0.141. The number of aryl methyl sites for hydroxylation is 1. The number of alkyl halides is 2. The maximum atomic E-state index is 14.1. The van der Waals surface area contributed by atoms with Crippen LogP contribution in [-0.2, 0) is 6.42 Å². The van der Waals surface area contributed by atoms with E-state index in [1.54, 1.807) is 0 Å². The summed E-state index contributed by atoms with van der Waals surface area (Å²) in [7, 11) is 0. The predicted molar refractivity (Wildman–Crippen MR) is 116 cm³/mol. The molecule has 0 bridgehead atoms. The largest absolute Gasteiger partial charge is 0.459 e. The van der Waals surface area contributed by atoms with Gasteiger partial charge in [-0.25, -0.2) is 17.6 Å². The van der Waals surface area contributed by atoms with Crippen LogP contribution >= 0.6 is 0 Å². The number of hydrogen-bond acceptors (Lipinski definition) is 1. The van der Waals surface area contributed by atoms with Crippen molar-refractivity contribution < 1.29 is 22.3 Å². The number of benzene rings is 1. The van der Waals surface area contributed by atoms with Gasteiger partial charge in [-0.1, -0.05) is 45.4 Å². The normalized spacial score (nSPS) is 27.2. The third-order valence-electron chi connectivity index (χ3n) is 7.46. The Hall–Kier alpha value is -1.52. The molecule has 0 amide bonds. The van der Waals surface area contributed by atoms with Crippen molar-refractivity contribution in [1.82, 2.24) is 0 Å². The van der Waals surface area contributed by atoms with Gasteiger partial charge in [-0.05, 0) is 79.9 Å². The van der Waals surface area contributed by atoms with Crippen LogP contribution in [0.3, 0.4) is 0 Å². The van der Waals surface area contributed by atoms with Gasteiger partial charge in [-0.2, -0.15) is 0 Å². The van der Waals surface area contributed by atoms with Gasteiger partial charge in [0.05, 0.1) is 6.26 Å². The van der Waals surface area contributed by atoms with Gasteiger partial charge < -0.3 is 4.74 Å². The smallest absolute Gasteiger partial charge is 0.260 e. The van der Waals surface area contributed by atoms with Gasteiger partial charge in [0.2, 0.25) is 0 Å². The minimum atomic E-state index is -2.73. The van der Waals surface area contributed by atoms with Crippen LogP contribution in [0.2, 0.25) is 0 Å². The molecule has 0 aliphatic heterocycles. The zero-order valence-corrected chi connectivity index (χ0v) is 18.6. The Kier molecular flexibility index (Phi) is 9.28. The summed E-state index contributed by atoms with van der Waals surface area (Å²) in [5.41, 5.74) is 0.594. The standard InChI is InChI=1S/C26H36F4O/c1-2-3-18-6-10-21(11-7-18)22-12-8-19(9-13-22)4-5-20-16-23(27)26(24(28)17-20)31-15-14-25(29)30/h14-19,21-22,25H,2-13H2,1H3/b15-14+. The molecule has 1 aromatic carbocycles. The molecule has 174 valence electrons. The van der Waals surface area contributed by atoms with Gasteiger partial charge in [0.1, 0.15) is 0 Å². The van der Waals surface area contributed by atoms with Crippen molar-refractivity contribution in [3.05, 3.63) is 41.7 Å². The Balaban J connectivity index is 1.42. The van der Waals surface area contributed by atoms with Crippen LogP contribution in [0.1, 0.15) is 83.1 Å². The van der Waals surface area contributed by atoms with Crippen molar-refractivity contribution in [3.63, 3.8) is 0 Å². The second-order valence-electron chi connectivity index (χ2n) is 9.56. The summed E-state index contributed by atoms with van der Waals surface area (Å²) >= 11 is 0. The summed E-state index contributed by atoms with van der Waals surface area (Å²) in [5, 5.41) is 0. The quantitative estimate of drug-likeness (QED) is 0.276. The molecule has 0 saturated heterocycles. The molecule has 0 spiro atoms. The molecule has 2 aliphatic rings. The van der Waals surface area contributed by atoms with Crippen molar-refractivity contribution >= 4 is 0 Å². The van der Waals surface area contributed by atoms with E-state index in [4.69, 9.17) is 4.74 Å². The first-order chi connectivity index (χ1) is 15.0. The average Bonchev–Trinajstić information content (AvgIpc) is 2.75. The fourth-order valence-electron chi connectivity index (χ4n) is 5.71.